The maximum Gasteiger partial charge on any atom is 0.410 e. The van der Waals surface area contributed by atoms with Crippen LogP contribution in [-0.4, -0.2) is 73.6 Å². The Morgan fingerprint density at radius 2 is 1.83 bits per heavy atom. The molecule has 2 heterocycles. The number of carbonyl (C=O) groups is 2. The van der Waals surface area contributed by atoms with Crippen molar-refractivity contribution in [2.75, 3.05) is 38.6 Å². The first-order chi connectivity index (χ1) is 22.9. The van der Waals surface area contributed by atoms with Crippen molar-refractivity contribution in [2.24, 2.45) is 0 Å². The van der Waals surface area contributed by atoms with E-state index < -0.39 is 26.0 Å². The second-order valence-electron chi connectivity index (χ2n) is 13.3. The number of nitrogen functional groups attached to an aromatic ring is 1. The number of rotatable bonds is 15. The van der Waals surface area contributed by atoms with Crippen LogP contribution in [0.1, 0.15) is 96.1 Å². The lowest BCUT2D eigenvalue weighted by Gasteiger charge is -2.36. The summed E-state index contributed by atoms with van der Waals surface area (Å²) in [6.45, 7) is 15.5. The third kappa shape index (κ3) is 9.51. The van der Waals surface area contributed by atoms with Gasteiger partial charge in [-0.3, -0.25) is 0 Å². The number of ether oxygens (including phenoxy) is 4. The molecule has 0 bridgehead atoms. The average Bonchev–Trinajstić information content (AvgIpc) is 3.45. The summed E-state index contributed by atoms with van der Waals surface area (Å²) in [4.78, 5) is 28.1. The fourth-order valence-electron chi connectivity index (χ4n) is 6.02. The number of benzene rings is 2. The lowest BCUT2D eigenvalue weighted by Crippen LogP contribution is -2.45. The zero-order chi connectivity index (χ0) is 34.9. The molecule has 2 atom stereocenters. The zero-order valence-electron chi connectivity index (χ0n) is 29.8. The van der Waals surface area contributed by atoms with Crippen LogP contribution in [0.15, 0.2) is 42.5 Å². The lowest BCUT2D eigenvalue weighted by atomic mass is 10.1. The van der Waals surface area contributed by atoms with Crippen LogP contribution in [0.3, 0.4) is 0 Å². The first kappa shape index (κ1) is 37.2. The molecule has 4 rings (SSSR count). The van der Waals surface area contributed by atoms with Gasteiger partial charge in [0.25, 0.3) is 0 Å². The van der Waals surface area contributed by atoms with Crippen LogP contribution in [0.4, 0.5) is 10.5 Å². The Morgan fingerprint density at radius 1 is 1.08 bits per heavy atom. The highest BCUT2D eigenvalue weighted by atomic mass is 28.4. The monoisotopic (exact) mass is 682 g/mol. The highest BCUT2D eigenvalue weighted by Crippen LogP contribution is 2.33. The van der Waals surface area contributed by atoms with Crippen molar-refractivity contribution in [1.82, 2.24) is 14.7 Å². The van der Waals surface area contributed by atoms with Crippen molar-refractivity contribution in [3.8, 4) is 5.75 Å². The predicted molar refractivity (Wildman–Crippen MR) is 190 cm³/mol. The molecule has 1 fully saturated rings. The molecule has 2 N–H and O–H groups in total. The Hall–Kier alpha value is -3.61. The van der Waals surface area contributed by atoms with Gasteiger partial charge in [-0.15, -0.1) is 0 Å². The normalized spacial score (nSPS) is 16.0. The van der Waals surface area contributed by atoms with Crippen molar-refractivity contribution in [2.45, 2.75) is 104 Å². The van der Waals surface area contributed by atoms with Crippen LogP contribution in [0.5, 0.6) is 5.75 Å². The SMILES string of the molecule is CCOC(=O)c1nn(C2CCCCO2)c2cc(OCCN(C[C@@H](O[Si](CC)(CC)CC)c3cccc(N)c3)C(=O)OC(C)(C)C)ccc12. The second kappa shape index (κ2) is 16.7. The summed E-state index contributed by atoms with van der Waals surface area (Å²) < 4.78 is 32.2. The molecule has 0 radical (unpaired) electrons. The van der Waals surface area contributed by atoms with Gasteiger partial charge < -0.3 is 34.0 Å². The van der Waals surface area contributed by atoms with Gasteiger partial charge in [0.05, 0.1) is 31.3 Å². The van der Waals surface area contributed by atoms with Gasteiger partial charge in [0.1, 0.15) is 18.0 Å². The second-order valence-corrected chi connectivity index (χ2v) is 18.0. The number of nitrogens with two attached hydrogens (primary N) is 1. The van der Waals surface area contributed by atoms with Gasteiger partial charge in [-0.2, -0.15) is 5.10 Å². The van der Waals surface area contributed by atoms with Crippen molar-refractivity contribution in [1.29, 1.82) is 0 Å². The van der Waals surface area contributed by atoms with E-state index in [0.29, 0.717) is 23.4 Å². The minimum Gasteiger partial charge on any atom is -0.492 e. The quantitative estimate of drug-likeness (QED) is 0.0968. The van der Waals surface area contributed by atoms with E-state index in [0.717, 1.165) is 48.5 Å². The van der Waals surface area contributed by atoms with Crippen molar-refractivity contribution >= 4 is 37.0 Å². The molecule has 2 aromatic carbocycles. The van der Waals surface area contributed by atoms with E-state index in [9.17, 15) is 9.59 Å². The number of hydrogen-bond donors (Lipinski definition) is 1. The van der Waals surface area contributed by atoms with Gasteiger partial charge in [0, 0.05) is 23.7 Å². The van der Waals surface area contributed by atoms with Gasteiger partial charge in [-0.1, -0.05) is 32.9 Å². The molecule has 48 heavy (non-hydrogen) atoms. The summed E-state index contributed by atoms with van der Waals surface area (Å²) in [7, 11) is -2.07. The van der Waals surface area contributed by atoms with Gasteiger partial charge >= 0.3 is 12.1 Å². The summed E-state index contributed by atoms with van der Waals surface area (Å²) in [6, 6.07) is 16.1. The minimum absolute atomic E-state index is 0.200. The molecule has 12 heteroatoms. The largest absolute Gasteiger partial charge is 0.492 e. The fourth-order valence-corrected chi connectivity index (χ4v) is 8.84. The fraction of sp³-hybridized carbons (Fsp3) is 0.583. The molecule has 1 amide bonds. The molecule has 264 valence electrons. The van der Waals surface area contributed by atoms with Crippen LogP contribution in [0.2, 0.25) is 18.1 Å². The third-order valence-electron chi connectivity index (χ3n) is 8.85. The maximum absolute atomic E-state index is 13.6. The standard InChI is InChI=1S/C36H54N4O7Si/c1-8-43-34(41)33-29-19-18-28(24-30(29)40(38-33)32-17-12-13-21-45-32)44-22-20-39(35(42)46-36(5,6)7)25-31(26-15-14-16-27(37)23-26)47-48(9-2,10-3)11-4/h14-16,18-19,23-24,31-32H,8-13,17,20-22,25,37H2,1-7H3/t31-,32?/m1/s1. The summed E-state index contributed by atoms with van der Waals surface area (Å²) in [5.74, 6) is 0.106. The Labute approximate surface area is 286 Å². The van der Waals surface area contributed by atoms with Crippen LogP contribution in [-0.2, 0) is 18.6 Å². The molecule has 1 unspecified atom stereocenters. The molecule has 0 spiro atoms. The van der Waals surface area contributed by atoms with Crippen LogP contribution < -0.4 is 10.5 Å². The van der Waals surface area contributed by atoms with Crippen molar-refractivity contribution < 1.29 is 33.0 Å². The average molecular weight is 683 g/mol. The van der Waals surface area contributed by atoms with Crippen molar-refractivity contribution in [3.63, 3.8) is 0 Å². The number of anilines is 1. The number of aromatic nitrogens is 2. The van der Waals surface area contributed by atoms with E-state index >= 15 is 0 Å². The molecule has 11 nitrogen and oxygen atoms in total. The van der Waals surface area contributed by atoms with E-state index in [1.165, 1.54) is 0 Å². The van der Waals surface area contributed by atoms with Gasteiger partial charge in [0.15, 0.2) is 20.2 Å². The first-order valence-corrected chi connectivity index (χ1v) is 19.9. The Morgan fingerprint density at radius 3 is 2.46 bits per heavy atom. The molecular weight excluding hydrogens is 629 g/mol. The van der Waals surface area contributed by atoms with Crippen molar-refractivity contribution in [3.05, 3.63) is 53.7 Å². The Kier molecular flexibility index (Phi) is 12.9. The highest BCUT2D eigenvalue weighted by Gasteiger charge is 2.35. The molecule has 1 aliphatic rings. The Balaban J connectivity index is 1.60. The van der Waals surface area contributed by atoms with Gasteiger partial charge in [-0.05, 0) is 94.9 Å². The number of carbonyl (C=O) groups excluding carboxylic acids is 2. The predicted octanol–water partition coefficient (Wildman–Crippen LogP) is 7.87. The number of fused-ring (bicyclic) bond motifs is 1. The number of esters is 1. The van der Waals surface area contributed by atoms with Gasteiger partial charge in [-0.25, -0.2) is 14.3 Å². The number of nitrogens with zero attached hydrogens (tertiary/aromatic N) is 3. The zero-order valence-corrected chi connectivity index (χ0v) is 30.8. The lowest BCUT2D eigenvalue weighted by molar-refractivity contribution is -0.0369. The first-order valence-electron chi connectivity index (χ1n) is 17.4. The van der Waals surface area contributed by atoms with Crippen LogP contribution in [0.25, 0.3) is 10.9 Å². The molecular formula is C36H54N4O7Si. The smallest absolute Gasteiger partial charge is 0.410 e. The molecule has 3 aromatic rings. The summed E-state index contributed by atoms with van der Waals surface area (Å²) >= 11 is 0. The maximum atomic E-state index is 13.6. The molecule has 0 saturated carbocycles. The molecule has 1 aliphatic heterocycles. The number of hydrogen-bond acceptors (Lipinski definition) is 9. The van der Waals surface area contributed by atoms with E-state index in [-0.39, 0.29) is 44.3 Å². The van der Waals surface area contributed by atoms with Gasteiger partial charge in [0.2, 0.25) is 0 Å². The van der Waals surface area contributed by atoms with Crippen LogP contribution in [0, 0.1) is 0 Å². The van der Waals surface area contributed by atoms with E-state index in [1.54, 1.807) is 22.6 Å². The van der Waals surface area contributed by atoms with E-state index in [2.05, 4.69) is 25.9 Å². The molecule has 1 saturated heterocycles. The Bertz CT molecular complexity index is 1500. The molecule has 1 aromatic heterocycles. The minimum atomic E-state index is -2.07. The molecule has 0 aliphatic carbocycles. The third-order valence-corrected chi connectivity index (χ3v) is 13.5. The summed E-state index contributed by atoms with van der Waals surface area (Å²) in [5.41, 5.74) is 8.06. The van der Waals surface area contributed by atoms with E-state index in [4.69, 9.17) is 29.1 Å². The topological polar surface area (TPSA) is 127 Å². The summed E-state index contributed by atoms with van der Waals surface area (Å²) in [5, 5.41) is 5.30. The van der Waals surface area contributed by atoms with Crippen LogP contribution >= 0.6 is 0 Å². The number of amides is 1. The van der Waals surface area contributed by atoms with E-state index in [1.807, 2.05) is 57.2 Å². The summed E-state index contributed by atoms with van der Waals surface area (Å²) in [6.07, 6.45) is 1.69. The highest BCUT2D eigenvalue weighted by molar-refractivity contribution is 6.73.